The highest BCUT2D eigenvalue weighted by molar-refractivity contribution is 7.83. The van der Waals surface area contributed by atoms with Gasteiger partial charge in [0.2, 0.25) is 0 Å². The molecule has 4 rings (SSSR count). The third-order valence-corrected chi connectivity index (χ3v) is 6.27. The van der Waals surface area contributed by atoms with Crippen molar-refractivity contribution in [1.82, 2.24) is 9.78 Å². The maximum absolute atomic E-state index is 12.9. The Kier molecular flexibility index (Phi) is 5.99. The van der Waals surface area contributed by atoms with E-state index in [1.807, 2.05) is 31.2 Å². The zero-order valence-electron chi connectivity index (χ0n) is 17.2. The lowest BCUT2D eigenvalue weighted by atomic mass is 10.2. The number of benzene rings is 2. The molecule has 1 aliphatic rings. The van der Waals surface area contributed by atoms with Crippen molar-refractivity contribution in [3.63, 3.8) is 0 Å². The van der Waals surface area contributed by atoms with Gasteiger partial charge < -0.3 is 10.1 Å². The van der Waals surface area contributed by atoms with Gasteiger partial charge >= 0.3 is 0 Å². The van der Waals surface area contributed by atoms with Crippen LogP contribution in [0.1, 0.15) is 46.9 Å². The molecule has 3 aromatic rings. The number of hydrogen-bond acceptors (Lipinski definition) is 4. The molecule has 7 heteroatoms. The first-order valence-electron chi connectivity index (χ1n) is 10.1. The van der Waals surface area contributed by atoms with E-state index in [2.05, 4.69) is 17.3 Å². The maximum atomic E-state index is 12.9. The molecular weight excluding hydrogens is 398 g/mol. The second-order valence-corrected chi connectivity index (χ2v) is 8.89. The average Bonchev–Trinajstić information content (AvgIpc) is 3.26. The Morgan fingerprint density at radius 3 is 2.57 bits per heavy atom. The number of aryl methyl sites for hydroxylation is 1. The minimum Gasteiger partial charge on any atom is -0.494 e. The first-order valence-corrected chi connectivity index (χ1v) is 11.6. The summed E-state index contributed by atoms with van der Waals surface area (Å²) in [6.07, 6.45) is 2.07. The van der Waals surface area contributed by atoms with Gasteiger partial charge in [0.15, 0.2) is 0 Å². The van der Waals surface area contributed by atoms with E-state index >= 15 is 0 Å². The number of amides is 1. The van der Waals surface area contributed by atoms with Crippen molar-refractivity contribution < 1.29 is 13.7 Å². The van der Waals surface area contributed by atoms with Crippen LogP contribution in [0, 0.1) is 6.92 Å². The largest absolute Gasteiger partial charge is 0.494 e. The molecule has 0 saturated heterocycles. The summed E-state index contributed by atoms with van der Waals surface area (Å²) in [6, 6.07) is 15.1. The number of ether oxygens (including phenoxy) is 1. The summed E-state index contributed by atoms with van der Waals surface area (Å²) in [7, 11) is -0.977. The van der Waals surface area contributed by atoms with Crippen molar-refractivity contribution in [3.8, 4) is 11.4 Å². The van der Waals surface area contributed by atoms with Gasteiger partial charge in [-0.2, -0.15) is 5.10 Å². The Balaban J connectivity index is 1.58. The molecule has 1 aromatic heterocycles. The second-order valence-electron chi connectivity index (χ2n) is 7.43. The van der Waals surface area contributed by atoms with Crippen LogP contribution < -0.4 is 10.1 Å². The van der Waals surface area contributed by atoms with Gasteiger partial charge in [-0.3, -0.25) is 9.00 Å². The fraction of sp³-hybridized carbons (Fsp3) is 0.304. The highest BCUT2D eigenvalue weighted by Crippen LogP contribution is 2.31. The zero-order chi connectivity index (χ0) is 21.1. The van der Waals surface area contributed by atoms with E-state index in [0.717, 1.165) is 41.1 Å². The summed E-state index contributed by atoms with van der Waals surface area (Å²) in [5.41, 5.74) is 4.16. The number of aromatic nitrogens is 2. The molecule has 0 spiro atoms. The third-order valence-electron chi connectivity index (χ3n) is 5.06. The van der Waals surface area contributed by atoms with Crippen molar-refractivity contribution in [2.24, 2.45) is 0 Å². The van der Waals surface area contributed by atoms with Crippen LogP contribution in [0.4, 0.5) is 5.82 Å². The Hall–Kier alpha value is -2.93. The molecule has 0 saturated carbocycles. The van der Waals surface area contributed by atoms with Crippen LogP contribution in [0.25, 0.3) is 5.69 Å². The second kappa shape index (κ2) is 8.83. The van der Waals surface area contributed by atoms with Gasteiger partial charge in [0.05, 0.1) is 29.5 Å². The van der Waals surface area contributed by atoms with Crippen LogP contribution in [0.2, 0.25) is 0 Å². The van der Waals surface area contributed by atoms with Crippen molar-refractivity contribution in [3.05, 3.63) is 70.9 Å². The van der Waals surface area contributed by atoms with Gasteiger partial charge in [-0.1, -0.05) is 31.0 Å². The molecule has 2 aromatic carbocycles. The summed E-state index contributed by atoms with van der Waals surface area (Å²) >= 11 is 0. The third kappa shape index (κ3) is 4.31. The van der Waals surface area contributed by atoms with Crippen molar-refractivity contribution >= 4 is 22.5 Å². The van der Waals surface area contributed by atoms with E-state index in [-0.39, 0.29) is 5.91 Å². The van der Waals surface area contributed by atoms with Gasteiger partial charge in [-0.25, -0.2) is 4.68 Å². The topological polar surface area (TPSA) is 73.2 Å². The predicted octanol–water partition coefficient (Wildman–Crippen LogP) is 4.37. The molecule has 0 unspecified atom stereocenters. The van der Waals surface area contributed by atoms with Crippen LogP contribution >= 0.6 is 0 Å². The number of fused-ring (bicyclic) bond motifs is 1. The standard InChI is InChI=1S/C23H25N3O3S/c1-3-4-13-29-19-11-7-17(8-12-19)23(27)24-22-20-14-30(28)15-21(20)25-26(22)18-9-5-16(2)6-10-18/h5-12H,3-4,13-15H2,1-2H3,(H,24,27)/t30-/m0/s1. The van der Waals surface area contributed by atoms with Gasteiger partial charge in [-0.15, -0.1) is 0 Å². The molecule has 1 aliphatic heterocycles. The van der Waals surface area contributed by atoms with Crippen LogP contribution in [-0.4, -0.2) is 26.5 Å². The number of carbonyl (C=O) groups excluding carboxylic acids is 1. The Labute approximate surface area is 178 Å². The van der Waals surface area contributed by atoms with Crippen molar-refractivity contribution in [2.75, 3.05) is 11.9 Å². The summed E-state index contributed by atoms with van der Waals surface area (Å²) in [6.45, 7) is 4.81. The first kappa shape index (κ1) is 20.3. The van der Waals surface area contributed by atoms with Crippen LogP contribution in [0.15, 0.2) is 48.5 Å². The summed E-state index contributed by atoms with van der Waals surface area (Å²) in [5.74, 6) is 1.93. The SMILES string of the molecule is CCCCOc1ccc(C(=O)Nc2c3c(nn2-c2ccc(C)cc2)C[S@@](=O)C3)cc1. The maximum Gasteiger partial charge on any atom is 0.256 e. The van der Waals surface area contributed by atoms with Crippen LogP contribution in [-0.2, 0) is 22.3 Å². The van der Waals surface area contributed by atoms with E-state index in [1.54, 1.807) is 28.9 Å². The summed E-state index contributed by atoms with van der Waals surface area (Å²) in [4.78, 5) is 12.9. The fourth-order valence-electron chi connectivity index (χ4n) is 3.35. The summed E-state index contributed by atoms with van der Waals surface area (Å²) in [5, 5.41) is 7.63. The predicted molar refractivity (Wildman–Crippen MR) is 119 cm³/mol. The Morgan fingerprint density at radius 1 is 1.13 bits per heavy atom. The first-order chi connectivity index (χ1) is 14.5. The lowest BCUT2D eigenvalue weighted by Crippen LogP contribution is -2.16. The number of nitrogens with zero attached hydrogens (tertiary/aromatic N) is 2. The zero-order valence-corrected chi connectivity index (χ0v) is 18.0. The van der Waals surface area contributed by atoms with Crippen molar-refractivity contribution in [2.45, 2.75) is 38.2 Å². The quantitative estimate of drug-likeness (QED) is 0.573. The summed E-state index contributed by atoms with van der Waals surface area (Å²) < 4.78 is 19.4. The van der Waals surface area contributed by atoms with Crippen molar-refractivity contribution in [1.29, 1.82) is 0 Å². The molecule has 6 nitrogen and oxygen atoms in total. The van der Waals surface area contributed by atoms with E-state index in [0.29, 0.717) is 29.5 Å². The molecule has 156 valence electrons. The molecule has 1 amide bonds. The van der Waals surface area contributed by atoms with Crippen LogP contribution in [0.5, 0.6) is 5.75 Å². The van der Waals surface area contributed by atoms with E-state index in [4.69, 9.17) is 4.74 Å². The van der Waals surface area contributed by atoms with Crippen LogP contribution in [0.3, 0.4) is 0 Å². The Bertz CT molecular complexity index is 1070. The molecule has 0 aliphatic carbocycles. The molecule has 0 fully saturated rings. The molecule has 1 atom stereocenters. The number of unbranched alkanes of at least 4 members (excludes halogenated alkanes) is 1. The lowest BCUT2D eigenvalue weighted by molar-refractivity contribution is 0.102. The number of anilines is 1. The molecule has 0 bridgehead atoms. The number of rotatable bonds is 7. The minimum atomic E-state index is -0.977. The monoisotopic (exact) mass is 423 g/mol. The minimum absolute atomic E-state index is 0.233. The molecule has 30 heavy (non-hydrogen) atoms. The molecule has 0 radical (unpaired) electrons. The molecule has 1 N–H and O–H groups in total. The van der Waals surface area contributed by atoms with Gasteiger partial charge in [0, 0.05) is 21.9 Å². The smallest absolute Gasteiger partial charge is 0.256 e. The van der Waals surface area contributed by atoms with E-state index < -0.39 is 10.8 Å². The molecular formula is C23H25N3O3S. The fourth-order valence-corrected chi connectivity index (χ4v) is 4.61. The normalized spacial score (nSPS) is 15.1. The Morgan fingerprint density at radius 2 is 1.87 bits per heavy atom. The number of carbonyl (C=O) groups is 1. The number of nitrogens with one attached hydrogen (secondary N) is 1. The van der Waals surface area contributed by atoms with Gasteiger partial charge in [-0.05, 0) is 49.7 Å². The highest BCUT2D eigenvalue weighted by Gasteiger charge is 2.28. The molecule has 2 heterocycles. The lowest BCUT2D eigenvalue weighted by Gasteiger charge is -2.12. The van der Waals surface area contributed by atoms with Gasteiger partial charge in [0.1, 0.15) is 11.6 Å². The van der Waals surface area contributed by atoms with E-state index in [9.17, 15) is 9.00 Å². The van der Waals surface area contributed by atoms with Gasteiger partial charge in [0.25, 0.3) is 5.91 Å². The number of hydrogen-bond donors (Lipinski definition) is 1. The van der Waals surface area contributed by atoms with E-state index in [1.165, 1.54) is 0 Å². The average molecular weight is 424 g/mol. The highest BCUT2D eigenvalue weighted by atomic mass is 32.2.